The van der Waals surface area contributed by atoms with Crippen LogP contribution >= 0.6 is 0 Å². The molecule has 1 aliphatic rings. The van der Waals surface area contributed by atoms with E-state index < -0.39 is 35.7 Å². The third-order valence-electron chi connectivity index (χ3n) is 6.08. The molecule has 192 valence electrons. The minimum atomic E-state index is -4.48. The van der Waals surface area contributed by atoms with Crippen molar-refractivity contribution >= 4 is 29.4 Å². The number of nitrogens with one attached hydrogen (secondary N) is 2. The molecule has 2 heterocycles. The molecule has 3 aromatic rings. The van der Waals surface area contributed by atoms with Crippen molar-refractivity contribution in [3.8, 4) is 11.1 Å². The fourth-order valence-corrected chi connectivity index (χ4v) is 4.19. The SMILES string of the molecule is Cc1cc(NC(=O)N2CCC[C@@H]2C(=O)Nc2ccc(-c3ccc(C(=O)O)cc3)cn2)ccc1C(F)(F)F. The molecule has 1 fully saturated rings. The Hall–Kier alpha value is -4.41. The van der Waals surface area contributed by atoms with Crippen LogP contribution in [0.3, 0.4) is 0 Å². The van der Waals surface area contributed by atoms with Crippen LogP contribution in [0.15, 0.2) is 60.8 Å². The Kier molecular flexibility index (Phi) is 7.14. The van der Waals surface area contributed by atoms with Crippen molar-refractivity contribution in [2.75, 3.05) is 17.2 Å². The number of carbonyl (C=O) groups is 3. The van der Waals surface area contributed by atoms with Crippen LogP contribution in [0.4, 0.5) is 29.5 Å². The third-order valence-corrected chi connectivity index (χ3v) is 6.08. The van der Waals surface area contributed by atoms with Gasteiger partial charge in [-0.3, -0.25) is 4.79 Å². The zero-order chi connectivity index (χ0) is 26.7. The molecule has 8 nitrogen and oxygen atoms in total. The summed E-state index contributed by atoms with van der Waals surface area (Å²) in [6, 6.07) is 11.6. The maximum Gasteiger partial charge on any atom is 0.416 e. The van der Waals surface area contributed by atoms with Gasteiger partial charge < -0.3 is 20.6 Å². The van der Waals surface area contributed by atoms with Crippen LogP contribution < -0.4 is 10.6 Å². The van der Waals surface area contributed by atoms with E-state index in [2.05, 4.69) is 15.6 Å². The van der Waals surface area contributed by atoms with Gasteiger partial charge in [-0.05, 0) is 73.4 Å². The van der Waals surface area contributed by atoms with Crippen molar-refractivity contribution in [2.24, 2.45) is 0 Å². The summed E-state index contributed by atoms with van der Waals surface area (Å²) in [5.74, 6) is -1.17. The van der Waals surface area contributed by atoms with E-state index in [9.17, 15) is 27.6 Å². The number of amides is 3. The first-order valence-corrected chi connectivity index (χ1v) is 11.4. The number of urea groups is 1. The van der Waals surface area contributed by atoms with Crippen molar-refractivity contribution in [2.45, 2.75) is 32.0 Å². The number of hydrogen-bond acceptors (Lipinski definition) is 4. The number of halogens is 3. The van der Waals surface area contributed by atoms with Crippen LogP contribution in [-0.2, 0) is 11.0 Å². The normalized spacial score (nSPS) is 15.4. The predicted molar refractivity (Wildman–Crippen MR) is 130 cm³/mol. The molecule has 1 saturated heterocycles. The number of aromatic nitrogens is 1. The Bertz CT molecular complexity index is 1330. The van der Waals surface area contributed by atoms with Crippen molar-refractivity contribution < 1.29 is 32.7 Å². The molecule has 0 radical (unpaired) electrons. The zero-order valence-electron chi connectivity index (χ0n) is 19.7. The molecule has 1 atom stereocenters. The van der Waals surface area contributed by atoms with E-state index in [1.54, 1.807) is 24.3 Å². The maximum absolute atomic E-state index is 13.0. The molecule has 37 heavy (non-hydrogen) atoms. The Morgan fingerprint density at radius 3 is 2.30 bits per heavy atom. The Labute approximate surface area is 210 Å². The minimum absolute atomic E-state index is 0.0200. The van der Waals surface area contributed by atoms with Crippen LogP contribution in [-0.4, -0.2) is 45.5 Å². The summed E-state index contributed by atoms with van der Waals surface area (Å²) in [5, 5.41) is 14.3. The molecule has 4 rings (SSSR count). The van der Waals surface area contributed by atoms with Crippen LogP contribution in [0.1, 0.15) is 34.3 Å². The summed E-state index contributed by atoms with van der Waals surface area (Å²) in [5.41, 5.74) is 1.05. The average molecular weight is 512 g/mol. The van der Waals surface area contributed by atoms with Crippen molar-refractivity contribution in [1.82, 2.24) is 9.88 Å². The number of nitrogens with zero attached hydrogens (tertiary/aromatic N) is 2. The Balaban J connectivity index is 1.39. The van der Waals surface area contributed by atoms with Gasteiger partial charge in [0.2, 0.25) is 5.91 Å². The molecule has 0 unspecified atom stereocenters. The van der Waals surface area contributed by atoms with Crippen LogP contribution in [0.25, 0.3) is 11.1 Å². The molecule has 0 saturated carbocycles. The average Bonchev–Trinajstić information content (AvgIpc) is 3.34. The number of carbonyl (C=O) groups excluding carboxylic acids is 2. The van der Waals surface area contributed by atoms with E-state index in [0.29, 0.717) is 19.4 Å². The molecular formula is C26H23F3N4O4. The smallest absolute Gasteiger partial charge is 0.416 e. The van der Waals surface area contributed by atoms with Crippen LogP contribution in [0.5, 0.6) is 0 Å². The Morgan fingerprint density at radius 1 is 1.00 bits per heavy atom. The molecule has 3 N–H and O–H groups in total. The molecule has 2 aromatic carbocycles. The monoisotopic (exact) mass is 512 g/mol. The lowest BCUT2D eigenvalue weighted by atomic mass is 10.1. The summed E-state index contributed by atoms with van der Waals surface area (Å²) in [6.07, 6.45) is -1.92. The number of benzene rings is 2. The number of anilines is 2. The van der Waals surface area contributed by atoms with E-state index in [-0.39, 0.29) is 22.6 Å². The zero-order valence-corrected chi connectivity index (χ0v) is 19.7. The fraction of sp³-hybridized carbons (Fsp3) is 0.231. The van der Waals surface area contributed by atoms with E-state index in [1.807, 2.05) is 0 Å². The second-order valence-corrected chi connectivity index (χ2v) is 8.61. The Morgan fingerprint density at radius 2 is 1.70 bits per heavy atom. The molecular weight excluding hydrogens is 489 g/mol. The van der Waals surface area contributed by atoms with Gasteiger partial charge in [0, 0.05) is 24.0 Å². The van der Waals surface area contributed by atoms with Crippen molar-refractivity contribution in [3.63, 3.8) is 0 Å². The number of carboxylic acids is 1. The number of alkyl halides is 3. The first-order chi connectivity index (χ1) is 17.5. The highest BCUT2D eigenvalue weighted by molar-refractivity contribution is 5.99. The summed E-state index contributed by atoms with van der Waals surface area (Å²) < 4.78 is 39.0. The van der Waals surface area contributed by atoms with E-state index in [0.717, 1.165) is 17.2 Å². The number of aryl methyl sites for hydroxylation is 1. The number of carboxylic acid groups (broad SMARTS) is 1. The number of likely N-dealkylation sites (tertiary alicyclic amines) is 1. The predicted octanol–water partition coefficient (Wildman–Crippen LogP) is 5.41. The summed E-state index contributed by atoms with van der Waals surface area (Å²) >= 11 is 0. The molecule has 11 heteroatoms. The van der Waals surface area contributed by atoms with Gasteiger partial charge in [0.1, 0.15) is 11.9 Å². The molecule has 3 amide bonds. The topological polar surface area (TPSA) is 112 Å². The third kappa shape index (κ3) is 5.88. The first-order valence-electron chi connectivity index (χ1n) is 11.4. The van der Waals surface area contributed by atoms with Crippen LogP contribution in [0, 0.1) is 6.92 Å². The van der Waals surface area contributed by atoms with Gasteiger partial charge >= 0.3 is 18.2 Å². The minimum Gasteiger partial charge on any atom is -0.478 e. The van der Waals surface area contributed by atoms with E-state index in [4.69, 9.17) is 5.11 Å². The lowest BCUT2D eigenvalue weighted by molar-refractivity contribution is -0.138. The van der Waals surface area contributed by atoms with Gasteiger partial charge in [-0.2, -0.15) is 13.2 Å². The molecule has 1 aliphatic heterocycles. The van der Waals surface area contributed by atoms with Gasteiger partial charge in [-0.25, -0.2) is 14.6 Å². The summed E-state index contributed by atoms with van der Waals surface area (Å²) in [6.45, 7) is 1.64. The van der Waals surface area contributed by atoms with Gasteiger partial charge in [0.05, 0.1) is 11.1 Å². The van der Waals surface area contributed by atoms with Gasteiger partial charge in [-0.15, -0.1) is 0 Å². The molecule has 0 bridgehead atoms. The number of rotatable bonds is 5. The van der Waals surface area contributed by atoms with Gasteiger partial charge in [0.15, 0.2) is 0 Å². The van der Waals surface area contributed by atoms with E-state index in [1.165, 1.54) is 42.3 Å². The maximum atomic E-state index is 13.0. The summed E-state index contributed by atoms with van der Waals surface area (Å²) in [7, 11) is 0. The second-order valence-electron chi connectivity index (χ2n) is 8.61. The molecule has 0 aliphatic carbocycles. The van der Waals surface area contributed by atoms with Crippen molar-refractivity contribution in [3.05, 3.63) is 77.5 Å². The van der Waals surface area contributed by atoms with Crippen molar-refractivity contribution in [1.29, 1.82) is 0 Å². The fourth-order valence-electron chi connectivity index (χ4n) is 4.19. The standard InChI is InChI=1S/C26H23F3N4O4/c1-15-13-19(9-10-20(15)26(27,28)29)31-25(37)33-12-2-3-21(33)23(34)32-22-11-8-18(14-30-22)16-4-6-17(7-5-16)24(35)36/h4-11,13-14,21H,2-3,12H2,1H3,(H,31,37)(H,35,36)(H,30,32,34)/t21-/m1/s1. The van der Waals surface area contributed by atoms with Gasteiger partial charge in [0.25, 0.3) is 0 Å². The first kappa shape index (κ1) is 25.7. The molecule has 1 aromatic heterocycles. The summed E-state index contributed by atoms with van der Waals surface area (Å²) in [4.78, 5) is 42.3. The number of pyridine rings is 1. The number of hydrogen-bond donors (Lipinski definition) is 3. The van der Waals surface area contributed by atoms with E-state index >= 15 is 0 Å². The number of aromatic carboxylic acids is 1. The highest BCUT2D eigenvalue weighted by atomic mass is 19.4. The molecule has 0 spiro atoms. The lowest BCUT2D eigenvalue weighted by Gasteiger charge is -2.24. The lowest BCUT2D eigenvalue weighted by Crippen LogP contribution is -2.45. The highest BCUT2D eigenvalue weighted by Gasteiger charge is 2.35. The largest absolute Gasteiger partial charge is 0.478 e. The quantitative estimate of drug-likeness (QED) is 0.423. The van der Waals surface area contributed by atoms with Crippen LogP contribution in [0.2, 0.25) is 0 Å². The van der Waals surface area contributed by atoms with Gasteiger partial charge in [-0.1, -0.05) is 12.1 Å². The second kappa shape index (κ2) is 10.3. The highest BCUT2D eigenvalue weighted by Crippen LogP contribution is 2.33.